The van der Waals surface area contributed by atoms with E-state index in [4.69, 9.17) is 8.83 Å². The molecular formula is C12H7N3O6. The van der Waals surface area contributed by atoms with Crippen molar-refractivity contribution in [1.82, 2.24) is 4.98 Å². The molecule has 0 unspecified atom stereocenters. The molecule has 3 aromatic rings. The molecule has 3 rings (SSSR count). The van der Waals surface area contributed by atoms with E-state index >= 15 is 0 Å². The monoisotopic (exact) mass is 289 g/mol. The summed E-state index contributed by atoms with van der Waals surface area (Å²) in [5, 5.41) is 13.4. The zero-order valence-corrected chi connectivity index (χ0v) is 10.3. The van der Waals surface area contributed by atoms with Gasteiger partial charge in [0.05, 0.1) is 16.7 Å². The summed E-state index contributed by atoms with van der Waals surface area (Å²) >= 11 is 0. The fourth-order valence-electron chi connectivity index (χ4n) is 1.83. The Morgan fingerprint density at radius 1 is 1.38 bits per heavy atom. The van der Waals surface area contributed by atoms with Gasteiger partial charge in [-0.2, -0.15) is 0 Å². The van der Waals surface area contributed by atoms with Crippen LogP contribution in [0.3, 0.4) is 0 Å². The summed E-state index contributed by atoms with van der Waals surface area (Å²) in [6.45, 7) is 0. The van der Waals surface area contributed by atoms with Gasteiger partial charge in [0.1, 0.15) is 5.69 Å². The highest BCUT2D eigenvalue weighted by Gasteiger charge is 2.20. The number of aromatic amines is 1. The molecule has 0 fully saturated rings. The normalized spacial score (nSPS) is 10.7. The summed E-state index contributed by atoms with van der Waals surface area (Å²) in [4.78, 5) is 35.6. The van der Waals surface area contributed by atoms with Gasteiger partial charge in [0.15, 0.2) is 11.3 Å². The van der Waals surface area contributed by atoms with Crippen molar-refractivity contribution in [2.75, 3.05) is 5.32 Å². The molecule has 0 saturated carbocycles. The molecule has 0 aliphatic heterocycles. The standard InChI is InChI=1S/C12H7N3O6/c16-11(9-2-1-3-20-9)13-6-5-10-7(14-12(17)21-10)4-8(6)15(18)19/h1-5H,(H,13,16)(H,14,17). The number of oxazole rings is 1. The highest BCUT2D eigenvalue weighted by atomic mass is 16.6. The lowest BCUT2D eigenvalue weighted by molar-refractivity contribution is -0.383. The molecule has 106 valence electrons. The molecule has 9 heteroatoms. The highest BCUT2D eigenvalue weighted by Crippen LogP contribution is 2.29. The lowest BCUT2D eigenvalue weighted by atomic mass is 10.2. The number of nitro groups is 1. The summed E-state index contributed by atoms with van der Waals surface area (Å²) in [6, 6.07) is 5.23. The van der Waals surface area contributed by atoms with Gasteiger partial charge in [0.25, 0.3) is 11.6 Å². The van der Waals surface area contributed by atoms with Crippen molar-refractivity contribution in [2.24, 2.45) is 0 Å². The molecule has 0 aliphatic carbocycles. The van der Waals surface area contributed by atoms with Crippen LogP contribution in [0.5, 0.6) is 0 Å². The lowest BCUT2D eigenvalue weighted by Gasteiger charge is -2.04. The number of benzene rings is 1. The van der Waals surface area contributed by atoms with Crippen molar-refractivity contribution < 1.29 is 18.6 Å². The molecule has 0 bridgehead atoms. The van der Waals surface area contributed by atoms with Crippen molar-refractivity contribution in [3.05, 3.63) is 57.0 Å². The van der Waals surface area contributed by atoms with E-state index in [0.29, 0.717) is 0 Å². The number of nitrogens with zero attached hydrogens (tertiary/aromatic N) is 1. The molecule has 1 amide bonds. The number of aromatic nitrogens is 1. The van der Waals surface area contributed by atoms with E-state index in [1.165, 1.54) is 24.5 Å². The van der Waals surface area contributed by atoms with Gasteiger partial charge < -0.3 is 14.2 Å². The van der Waals surface area contributed by atoms with E-state index in [9.17, 15) is 19.7 Å². The van der Waals surface area contributed by atoms with Crippen LogP contribution in [0.25, 0.3) is 11.1 Å². The van der Waals surface area contributed by atoms with E-state index in [1.807, 2.05) is 0 Å². The van der Waals surface area contributed by atoms with E-state index in [2.05, 4.69) is 10.3 Å². The maximum Gasteiger partial charge on any atom is 0.417 e. The fourth-order valence-corrected chi connectivity index (χ4v) is 1.83. The molecule has 2 heterocycles. The molecule has 9 nitrogen and oxygen atoms in total. The predicted molar refractivity (Wildman–Crippen MR) is 70.2 cm³/mol. The number of hydrogen-bond donors (Lipinski definition) is 2. The predicted octanol–water partition coefficient (Wildman–Crippen LogP) is 1.87. The molecule has 0 spiro atoms. The summed E-state index contributed by atoms with van der Waals surface area (Å²) in [5.74, 6) is -1.39. The van der Waals surface area contributed by atoms with Gasteiger partial charge in [-0.3, -0.25) is 19.9 Å². The van der Waals surface area contributed by atoms with Crippen molar-refractivity contribution >= 4 is 28.4 Å². The Balaban J connectivity index is 2.07. The Morgan fingerprint density at radius 3 is 2.86 bits per heavy atom. The largest absolute Gasteiger partial charge is 0.459 e. The molecule has 1 aromatic carbocycles. The van der Waals surface area contributed by atoms with E-state index in [-0.39, 0.29) is 28.2 Å². The summed E-state index contributed by atoms with van der Waals surface area (Å²) in [6.07, 6.45) is 1.30. The maximum absolute atomic E-state index is 11.9. The smallest absolute Gasteiger partial charge is 0.417 e. The number of hydrogen-bond acceptors (Lipinski definition) is 6. The Labute approximate surface area is 115 Å². The third-order valence-electron chi connectivity index (χ3n) is 2.73. The van der Waals surface area contributed by atoms with Gasteiger partial charge >= 0.3 is 5.76 Å². The number of fused-ring (bicyclic) bond motifs is 1. The van der Waals surface area contributed by atoms with Crippen LogP contribution in [0.2, 0.25) is 0 Å². The average Bonchev–Trinajstić information content (AvgIpc) is 3.05. The fraction of sp³-hybridized carbons (Fsp3) is 0. The zero-order valence-electron chi connectivity index (χ0n) is 10.3. The number of H-pyrrole nitrogens is 1. The lowest BCUT2D eigenvalue weighted by Crippen LogP contribution is -2.12. The minimum Gasteiger partial charge on any atom is -0.459 e. The van der Waals surface area contributed by atoms with E-state index in [0.717, 1.165) is 6.07 Å². The third kappa shape index (κ3) is 2.27. The molecule has 2 aromatic heterocycles. The molecular weight excluding hydrogens is 282 g/mol. The van der Waals surface area contributed by atoms with Crippen LogP contribution in [0.1, 0.15) is 10.6 Å². The van der Waals surface area contributed by atoms with Gasteiger partial charge in [-0.15, -0.1) is 0 Å². The van der Waals surface area contributed by atoms with Crippen molar-refractivity contribution in [1.29, 1.82) is 0 Å². The topological polar surface area (TPSA) is 131 Å². The van der Waals surface area contributed by atoms with Crippen LogP contribution < -0.4 is 11.1 Å². The van der Waals surface area contributed by atoms with Crippen molar-refractivity contribution in [3.8, 4) is 0 Å². The first-order valence-electron chi connectivity index (χ1n) is 5.71. The summed E-state index contributed by atoms with van der Waals surface area (Å²) < 4.78 is 9.71. The zero-order chi connectivity index (χ0) is 15.0. The molecule has 21 heavy (non-hydrogen) atoms. The van der Waals surface area contributed by atoms with Crippen molar-refractivity contribution in [3.63, 3.8) is 0 Å². The number of nitrogens with one attached hydrogen (secondary N) is 2. The Hall–Kier alpha value is -3.36. The van der Waals surface area contributed by atoms with Gasteiger partial charge in [-0.05, 0) is 12.1 Å². The number of carbonyl (C=O) groups is 1. The number of nitro benzene ring substituents is 1. The first kappa shape index (κ1) is 12.7. The van der Waals surface area contributed by atoms with Crippen LogP contribution in [-0.4, -0.2) is 15.8 Å². The second kappa shape index (κ2) is 4.63. The van der Waals surface area contributed by atoms with Gasteiger partial charge in [0, 0.05) is 12.1 Å². The van der Waals surface area contributed by atoms with E-state index < -0.39 is 16.6 Å². The van der Waals surface area contributed by atoms with E-state index in [1.54, 1.807) is 0 Å². The van der Waals surface area contributed by atoms with Crippen LogP contribution in [0, 0.1) is 10.1 Å². The van der Waals surface area contributed by atoms with Crippen LogP contribution in [-0.2, 0) is 0 Å². The summed E-state index contributed by atoms with van der Waals surface area (Å²) in [5.41, 5.74) is -0.209. The first-order valence-corrected chi connectivity index (χ1v) is 5.71. The summed E-state index contributed by atoms with van der Waals surface area (Å²) in [7, 11) is 0. The molecule has 2 N–H and O–H groups in total. The third-order valence-corrected chi connectivity index (χ3v) is 2.73. The van der Waals surface area contributed by atoms with Crippen molar-refractivity contribution in [2.45, 2.75) is 0 Å². The number of rotatable bonds is 3. The minimum atomic E-state index is -0.742. The Kier molecular flexibility index (Phi) is 2.79. The van der Waals surface area contributed by atoms with Crippen LogP contribution in [0.4, 0.5) is 11.4 Å². The second-order valence-corrected chi connectivity index (χ2v) is 4.07. The number of carbonyl (C=O) groups excluding carboxylic acids is 1. The van der Waals surface area contributed by atoms with Gasteiger partial charge in [-0.1, -0.05) is 0 Å². The highest BCUT2D eigenvalue weighted by molar-refractivity contribution is 6.04. The van der Waals surface area contributed by atoms with Crippen LogP contribution in [0.15, 0.2) is 44.2 Å². The Bertz CT molecular complexity index is 889. The molecule has 0 saturated heterocycles. The van der Waals surface area contributed by atoms with Gasteiger partial charge in [-0.25, -0.2) is 4.79 Å². The maximum atomic E-state index is 11.9. The minimum absolute atomic E-state index is 0.0000776. The quantitative estimate of drug-likeness (QED) is 0.558. The second-order valence-electron chi connectivity index (χ2n) is 4.07. The molecule has 0 radical (unpaired) electrons. The SMILES string of the molecule is O=C(Nc1cc2oc(=O)[nH]c2cc1[N+](=O)[O-])c1ccco1. The number of amides is 1. The number of furan rings is 1. The van der Waals surface area contributed by atoms with Crippen LogP contribution >= 0.6 is 0 Å². The molecule has 0 aliphatic rings. The first-order chi connectivity index (χ1) is 10.0. The Morgan fingerprint density at radius 2 is 2.19 bits per heavy atom. The number of anilines is 1. The molecule has 0 atom stereocenters. The average molecular weight is 289 g/mol. The van der Waals surface area contributed by atoms with Gasteiger partial charge in [0.2, 0.25) is 0 Å².